The molecule has 0 radical (unpaired) electrons. The Morgan fingerprint density at radius 1 is 1.06 bits per heavy atom. The van der Waals surface area contributed by atoms with Crippen LogP contribution in [-0.4, -0.2) is 64.8 Å². The zero-order valence-corrected chi connectivity index (χ0v) is 20.5. The molecule has 186 valence electrons. The molecule has 0 heterocycles. The number of nitro groups is 1. The molecule has 4 saturated carbocycles. The van der Waals surface area contributed by atoms with Gasteiger partial charge in [0, 0.05) is 29.8 Å². The summed E-state index contributed by atoms with van der Waals surface area (Å²) < 4.78 is 0. The molecule has 4 fully saturated rings. The number of carbonyl (C=O) groups excluding carboxylic acids is 2. The van der Waals surface area contributed by atoms with E-state index in [1.807, 2.05) is 0 Å². The minimum absolute atomic E-state index is 0.0124. The molecular weight excluding hydrogens is 432 g/mol. The number of amides is 2. The van der Waals surface area contributed by atoms with Crippen molar-refractivity contribution in [1.82, 2.24) is 15.1 Å². The van der Waals surface area contributed by atoms with Crippen molar-refractivity contribution in [3.63, 3.8) is 0 Å². The maximum Gasteiger partial charge on any atom is 0.270 e. The number of hydrogen-bond donors (Lipinski definition) is 1. The van der Waals surface area contributed by atoms with Crippen LogP contribution in [0.2, 0.25) is 0 Å². The van der Waals surface area contributed by atoms with Crippen LogP contribution in [-0.2, 0) is 4.79 Å². The summed E-state index contributed by atoms with van der Waals surface area (Å²) in [6.45, 7) is 7.34. The highest BCUT2D eigenvalue weighted by atomic mass is 16.6. The molecule has 5 rings (SSSR count). The van der Waals surface area contributed by atoms with E-state index in [1.165, 1.54) is 37.5 Å². The number of nitro benzene ring substituents is 1. The Morgan fingerprint density at radius 2 is 1.68 bits per heavy atom. The number of nitrogens with zero attached hydrogens (tertiary/aromatic N) is 3. The van der Waals surface area contributed by atoms with E-state index in [1.54, 1.807) is 11.0 Å². The van der Waals surface area contributed by atoms with E-state index in [0.717, 1.165) is 63.1 Å². The molecule has 0 aromatic heterocycles. The van der Waals surface area contributed by atoms with Crippen molar-refractivity contribution in [3.05, 3.63) is 39.9 Å². The van der Waals surface area contributed by atoms with Gasteiger partial charge in [-0.3, -0.25) is 19.7 Å². The Labute approximate surface area is 202 Å². The Bertz CT molecular complexity index is 879. The number of non-ortho nitro benzene ring substituents is 1. The normalized spacial score (nSPS) is 27.1. The lowest BCUT2D eigenvalue weighted by atomic mass is 9.53. The minimum Gasteiger partial charge on any atom is -0.349 e. The molecule has 1 aromatic rings. The number of benzene rings is 1. The number of carbonyl (C=O) groups is 2. The quantitative estimate of drug-likeness (QED) is 0.391. The molecule has 34 heavy (non-hydrogen) atoms. The lowest BCUT2D eigenvalue weighted by molar-refractivity contribution is -0.384. The maximum absolute atomic E-state index is 13.3. The maximum atomic E-state index is 13.3. The summed E-state index contributed by atoms with van der Waals surface area (Å²) in [5.41, 5.74) is 0.0273. The topological polar surface area (TPSA) is 95.8 Å². The van der Waals surface area contributed by atoms with Crippen LogP contribution in [0, 0.1) is 27.9 Å². The van der Waals surface area contributed by atoms with Crippen molar-refractivity contribution < 1.29 is 14.5 Å². The summed E-state index contributed by atoms with van der Waals surface area (Å²) in [6.07, 6.45) is 7.84. The first-order chi connectivity index (χ1) is 16.3. The smallest absolute Gasteiger partial charge is 0.270 e. The third-order valence-electron chi connectivity index (χ3n) is 8.17. The van der Waals surface area contributed by atoms with E-state index >= 15 is 0 Å². The van der Waals surface area contributed by atoms with Crippen molar-refractivity contribution in [1.29, 1.82) is 0 Å². The van der Waals surface area contributed by atoms with Gasteiger partial charge in [-0.2, -0.15) is 0 Å². The molecule has 4 bridgehead atoms. The van der Waals surface area contributed by atoms with Gasteiger partial charge in [0.25, 0.3) is 11.6 Å². The van der Waals surface area contributed by atoms with E-state index in [4.69, 9.17) is 0 Å². The van der Waals surface area contributed by atoms with E-state index < -0.39 is 4.92 Å². The number of nitrogens with one attached hydrogen (secondary N) is 1. The van der Waals surface area contributed by atoms with Crippen LogP contribution < -0.4 is 5.32 Å². The van der Waals surface area contributed by atoms with Crippen LogP contribution >= 0.6 is 0 Å². The second kappa shape index (κ2) is 10.4. The van der Waals surface area contributed by atoms with Crippen molar-refractivity contribution >= 4 is 17.5 Å². The highest BCUT2D eigenvalue weighted by Crippen LogP contribution is 2.55. The summed E-state index contributed by atoms with van der Waals surface area (Å²) in [5.74, 6) is 1.74. The van der Waals surface area contributed by atoms with Crippen LogP contribution in [0.25, 0.3) is 0 Å². The molecule has 0 atom stereocenters. The van der Waals surface area contributed by atoms with E-state index in [9.17, 15) is 19.7 Å². The summed E-state index contributed by atoms with van der Waals surface area (Å²) in [7, 11) is 0. The lowest BCUT2D eigenvalue weighted by Gasteiger charge is -2.57. The zero-order chi connectivity index (χ0) is 24.3. The second-order valence-electron chi connectivity index (χ2n) is 10.7. The molecule has 1 aromatic carbocycles. The van der Waals surface area contributed by atoms with Gasteiger partial charge in [0.2, 0.25) is 5.91 Å². The molecule has 0 saturated heterocycles. The van der Waals surface area contributed by atoms with Crippen molar-refractivity contribution in [2.24, 2.45) is 17.8 Å². The average molecular weight is 471 g/mol. The molecule has 0 unspecified atom stereocenters. The first-order valence-corrected chi connectivity index (χ1v) is 12.9. The van der Waals surface area contributed by atoms with Gasteiger partial charge in [-0.25, -0.2) is 0 Å². The molecule has 8 nitrogen and oxygen atoms in total. The Kier molecular flexibility index (Phi) is 7.55. The van der Waals surface area contributed by atoms with Crippen molar-refractivity contribution in [2.75, 3.05) is 32.7 Å². The largest absolute Gasteiger partial charge is 0.349 e. The summed E-state index contributed by atoms with van der Waals surface area (Å²) in [4.78, 5) is 41.1. The highest BCUT2D eigenvalue weighted by Gasteiger charge is 2.51. The third-order valence-corrected chi connectivity index (χ3v) is 8.17. The van der Waals surface area contributed by atoms with Gasteiger partial charge in [0.05, 0.1) is 11.5 Å². The van der Waals surface area contributed by atoms with Gasteiger partial charge < -0.3 is 15.1 Å². The summed E-state index contributed by atoms with van der Waals surface area (Å²) in [5, 5.41) is 14.6. The van der Waals surface area contributed by atoms with Crippen molar-refractivity contribution in [2.45, 2.75) is 64.3 Å². The first-order valence-electron chi connectivity index (χ1n) is 12.9. The molecule has 1 N–H and O–H groups in total. The average Bonchev–Trinajstić information content (AvgIpc) is 2.79. The van der Waals surface area contributed by atoms with Gasteiger partial charge in [0.1, 0.15) is 0 Å². The van der Waals surface area contributed by atoms with Crippen LogP contribution in [0.5, 0.6) is 0 Å². The zero-order valence-electron chi connectivity index (χ0n) is 20.5. The van der Waals surface area contributed by atoms with Gasteiger partial charge in [-0.1, -0.05) is 19.9 Å². The first kappa shape index (κ1) is 24.6. The SMILES string of the molecule is CCN(CC)CCCN(CC(=O)NC12CC3CC(CC(C3)C1)C2)C(=O)c1cccc([N+](=O)[O-])c1. The Balaban J connectivity index is 1.45. The van der Waals surface area contributed by atoms with Crippen LogP contribution in [0.15, 0.2) is 24.3 Å². The van der Waals surface area contributed by atoms with Gasteiger partial charge in [-0.15, -0.1) is 0 Å². The van der Waals surface area contributed by atoms with E-state index in [0.29, 0.717) is 6.54 Å². The van der Waals surface area contributed by atoms with Crippen molar-refractivity contribution in [3.8, 4) is 0 Å². The van der Waals surface area contributed by atoms with Gasteiger partial charge in [0.15, 0.2) is 0 Å². The Morgan fingerprint density at radius 3 is 2.24 bits per heavy atom. The molecule has 0 aliphatic heterocycles. The number of rotatable bonds is 11. The summed E-state index contributed by atoms with van der Waals surface area (Å²) in [6, 6.07) is 5.79. The van der Waals surface area contributed by atoms with Crippen LogP contribution in [0.3, 0.4) is 0 Å². The standard InChI is InChI=1S/C26H38N4O4/c1-3-28(4-2)9-6-10-29(25(32)22-7-5-8-23(14-22)30(33)34)18-24(31)27-26-15-19-11-20(16-26)13-21(12-19)17-26/h5,7-8,14,19-21H,3-4,6,9-13,15-18H2,1-2H3,(H,27,31). The fourth-order valence-electron chi connectivity index (χ4n) is 6.98. The second-order valence-corrected chi connectivity index (χ2v) is 10.7. The fourth-order valence-corrected chi connectivity index (χ4v) is 6.98. The predicted octanol–water partition coefficient (Wildman–Crippen LogP) is 3.85. The Hall–Kier alpha value is -2.48. The van der Waals surface area contributed by atoms with Crippen LogP contribution in [0.1, 0.15) is 69.2 Å². The summed E-state index contributed by atoms with van der Waals surface area (Å²) >= 11 is 0. The molecule has 0 spiro atoms. The third kappa shape index (κ3) is 5.59. The van der Waals surface area contributed by atoms with Gasteiger partial charge in [-0.05, 0) is 88.4 Å². The van der Waals surface area contributed by atoms with E-state index in [-0.39, 0.29) is 35.1 Å². The monoisotopic (exact) mass is 470 g/mol. The molecule has 8 heteroatoms. The van der Waals surface area contributed by atoms with Crippen LogP contribution in [0.4, 0.5) is 5.69 Å². The molecule has 4 aliphatic rings. The molecular formula is C26H38N4O4. The highest BCUT2D eigenvalue weighted by molar-refractivity contribution is 5.97. The fraction of sp³-hybridized carbons (Fsp3) is 0.692. The minimum atomic E-state index is -0.499. The van der Waals surface area contributed by atoms with E-state index in [2.05, 4.69) is 24.1 Å². The van der Waals surface area contributed by atoms with Gasteiger partial charge >= 0.3 is 0 Å². The lowest BCUT2D eigenvalue weighted by Crippen LogP contribution is -2.61. The number of hydrogen-bond acceptors (Lipinski definition) is 5. The predicted molar refractivity (Wildman–Crippen MR) is 130 cm³/mol. The molecule has 4 aliphatic carbocycles. The molecule has 2 amide bonds.